The standard InChI is InChI=1S/C17H20N2O2/c1-18(2)11-5-7-13-15(9-11)21-16-10-12(19(3)4)6-8-14(16)17(13)20/h5-10,17,20H,1-4H3. The minimum atomic E-state index is -0.642. The largest absolute Gasteiger partial charge is 0.456 e. The van der Waals surface area contributed by atoms with Crippen molar-refractivity contribution in [3.63, 3.8) is 0 Å². The van der Waals surface area contributed by atoms with Crippen LogP contribution >= 0.6 is 0 Å². The summed E-state index contributed by atoms with van der Waals surface area (Å²) in [7, 11) is 7.94. The second kappa shape index (κ2) is 4.97. The summed E-state index contributed by atoms with van der Waals surface area (Å²) < 4.78 is 6.02. The van der Waals surface area contributed by atoms with Crippen LogP contribution in [0.1, 0.15) is 17.2 Å². The molecule has 0 atom stereocenters. The molecule has 0 bridgehead atoms. The Balaban J connectivity index is 2.06. The third-order valence-corrected chi connectivity index (χ3v) is 3.84. The van der Waals surface area contributed by atoms with Crippen LogP contribution in [-0.4, -0.2) is 33.3 Å². The molecule has 0 aromatic heterocycles. The summed E-state index contributed by atoms with van der Waals surface area (Å²) in [6.45, 7) is 0. The maximum Gasteiger partial charge on any atom is 0.135 e. The SMILES string of the molecule is CN(C)c1ccc2c(c1)Oc1cc(N(C)C)ccc1C2O. The van der Waals surface area contributed by atoms with E-state index in [9.17, 15) is 5.11 Å². The molecule has 1 aliphatic heterocycles. The fraction of sp³-hybridized carbons (Fsp3) is 0.294. The van der Waals surface area contributed by atoms with E-state index in [1.807, 2.05) is 74.4 Å². The Kier molecular flexibility index (Phi) is 3.26. The van der Waals surface area contributed by atoms with Gasteiger partial charge in [0.2, 0.25) is 0 Å². The fourth-order valence-corrected chi connectivity index (χ4v) is 2.52. The first kappa shape index (κ1) is 13.8. The van der Waals surface area contributed by atoms with E-state index in [0.29, 0.717) is 0 Å². The molecular weight excluding hydrogens is 264 g/mol. The molecule has 110 valence electrons. The van der Waals surface area contributed by atoms with Crippen LogP contribution in [0.5, 0.6) is 11.5 Å². The predicted octanol–water partition coefficient (Wildman–Crippen LogP) is 3.01. The molecule has 4 heteroatoms. The van der Waals surface area contributed by atoms with Gasteiger partial charge in [0.1, 0.15) is 17.6 Å². The van der Waals surface area contributed by atoms with E-state index in [-0.39, 0.29) is 0 Å². The highest BCUT2D eigenvalue weighted by molar-refractivity contribution is 5.62. The highest BCUT2D eigenvalue weighted by Crippen LogP contribution is 2.45. The van der Waals surface area contributed by atoms with Gasteiger partial charge in [-0.05, 0) is 12.1 Å². The Morgan fingerprint density at radius 3 is 1.62 bits per heavy atom. The maximum atomic E-state index is 10.6. The number of aliphatic hydroxyl groups is 1. The second-order valence-electron chi connectivity index (χ2n) is 5.74. The number of benzene rings is 2. The number of anilines is 2. The van der Waals surface area contributed by atoms with Crippen LogP contribution in [0, 0.1) is 0 Å². The van der Waals surface area contributed by atoms with E-state index >= 15 is 0 Å². The average molecular weight is 284 g/mol. The number of ether oxygens (including phenoxy) is 1. The molecule has 1 heterocycles. The van der Waals surface area contributed by atoms with E-state index in [1.54, 1.807) is 0 Å². The smallest absolute Gasteiger partial charge is 0.135 e. The van der Waals surface area contributed by atoms with Crippen molar-refractivity contribution < 1.29 is 9.84 Å². The van der Waals surface area contributed by atoms with Gasteiger partial charge in [-0.15, -0.1) is 0 Å². The number of nitrogens with zero attached hydrogens (tertiary/aromatic N) is 2. The molecule has 3 rings (SSSR count). The molecule has 0 saturated heterocycles. The lowest BCUT2D eigenvalue weighted by Crippen LogP contribution is -2.14. The third kappa shape index (κ3) is 2.32. The normalized spacial score (nSPS) is 13.2. The lowest BCUT2D eigenvalue weighted by Gasteiger charge is -2.27. The molecule has 1 N–H and O–H groups in total. The lowest BCUT2D eigenvalue weighted by molar-refractivity contribution is 0.203. The minimum absolute atomic E-state index is 0.642. The molecule has 2 aromatic carbocycles. The second-order valence-corrected chi connectivity index (χ2v) is 5.74. The Morgan fingerprint density at radius 2 is 1.24 bits per heavy atom. The molecule has 0 spiro atoms. The van der Waals surface area contributed by atoms with Crippen LogP contribution in [0.2, 0.25) is 0 Å². The van der Waals surface area contributed by atoms with Crippen LogP contribution in [-0.2, 0) is 0 Å². The van der Waals surface area contributed by atoms with Crippen molar-refractivity contribution in [1.29, 1.82) is 0 Å². The van der Waals surface area contributed by atoms with E-state index in [4.69, 9.17) is 4.74 Å². The number of aliphatic hydroxyl groups excluding tert-OH is 1. The number of fused-ring (bicyclic) bond motifs is 2. The Bertz CT molecular complexity index is 623. The van der Waals surface area contributed by atoms with E-state index < -0.39 is 6.10 Å². The van der Waals surface area contributed by atoms with Gasteiger partial charge in [-0.2, -0.15) is 0 Å². The van der Waals surface area contributed by atoms with Gasteiger partial charge in [-0.1, -0.05) is 12.1 Å². The Labute approximate surface area is 125 Å². The van der Waals surface area contributed by atoms with Crippen molar-refractivity contribution in [1.82, 2.24) is 0 Å². The number of hydrogen-bond donors (Lipinski definition) is 1. The van der Waals surface area contributed by atoms with Crippen LogP contribution in [0.3, 0.4) is 0 Å². The summed E-state index contributed by atoms with van der Waals surface area (Å²) in [6.07, 6.45) is -0.642. The van der Waals surface area contributed by atoms with Gasteiger partial charge in [0, 0.05) is 62.8 Å². The summed E-state index contributed by atoms with van der Waals surface area (Å²) in [4.78, 5) is 4.03. The summed E-state index contributed by atoms with van der Waals surface area (Å²) in [6, 6.07) is 11.8. The van der Waals surface area contributed by atoms with Gasteiger partial charge < -0.3 is 19.6 Å². The molecule has 2 aromatic rings. The molecular formula is C17H20N2O2. The van der Waals surface area contributed by atoms with E-state index in [1.165, 1.54) is 0 Å². The van der Waals surface area contributed by atoms with Gasteiger partial charge in [-0.25, -0.2) is 0 Å². The van der Waals surface area contributed by atoms with Gasteiger partial charge in [-0.3, -0.25) is 0 Å². The monoisotopic (exact) mass is 284 g/mol. The van der Waals surface area contributed by atoms with Crippen LogP contribution in [0.15, 0.2) is 36.4 Å². The topological polar surface area (TPSA) is 35.9 Å². The average Bonchev–Trinajstić information content (AvgIpc) is 2.46. The van der Waals surface area contributed by atoms with Crippen LogP contribution in [0.4, 0.5) is 11.4 Å². The molecule has 21 heavy (non-hydrogen) atoms. The first-order chi connectivity index (χ1) is 9.97. The molecule has 0 fully saturated rings. The first-order valence-corrected chi connectivity index (χ1v) is 6.96. The molecule has 0 aliphatic carbocycles. The Hall–Kier alpha value is -2.20. The number of hydrogen-bond acceptors (Lipinski definition) is 4. The quantitative estimate of drug-likeness (QED) is 0.919. The highest BCUT2D eigenvalue weighted by Gasteiger charge is 2.26. The third-order valence-electron chi connectivity index (χ3n) is 3.84. The minimum Gasteiger partial charge on any atom is -0.456 e. The van der Waals surface area contributed by atoms with Gasteiger partial charge >= 0.3 is 0 Å². The molecule has 4 nitrogen and oxygen atoms in total. The zero-order chi connectivity index (χ0) is 15.1. The van der Waals surface area contributed by atoms with Crippen LogP contribution in [0.25, 0.3) is 0 Å². The molecule has 0 unspecified atom stereocenters. The van der Waals surface area contributed by atoms with Crippen molar-refractivity contribution in [2.75, 3.05) is 38.0 Å². The summed E-state index contributed by atoms with van der Waals surface area (Å²) in [5.41, 5.74) is 3.72. The lowest BCUT2D eigenvalue weighted by atomic mass is 9.96. The summed E-state index contributed by atoms with van der Waals surface area (Å²) >= 11 is 0. The first-order valence-electron chi connectivity index (χ1n) is 6.96. The van der Waals surface area contributed by atoms with E-state index in [2.05, 4.69) is 0 Å². The summed E-state index contributed by atoms with van der Waals surface area (Å²) in [5, 5.41) is 10.6. The highest BCUT2D eigenvalue weighted by atomic mass is 16.5. The Morgan fingerprint density at radius 1 is 0.810 bits per heavy atom. The van der Waals surface area contributed by atoms with Crippen molar-refractivity contribution in [3.8, 4) is 11.5 Å². The van der Waals surface area contributed by atoms with Gasteiger partial charge in [0.05, 0.1) is 0 Å². The van der Waals surface area contributed by atoms with E-state index in [0.717, 1.165) is 34.0 Å². The molecule has 0 radical (unpaired) electrons. The maximum absolute atomic E-state index is 10.6. The van der Waals surface area contributed by atoms with Crippen molar-refractivity contribution in [3.05, 3.63) is 47.5 Å². The zero-order valence-corrected chi connectivity index (χ0v) is 12.8. The van der Waals surface area contributed by atoms with Gasteiger partial charge in [0.25, 0.3) is 0 Å². The fourth-order valence-electron chi connectivity index (χ4n) is 2.52. The molecule has 0 saturated carbocycles. The van der Waals surface area contributed by atoms with Crippen molar-refractivity contribution in [2.45, 2.75) is 6.10 Å². The molecule has 0 amide bonds. The predicted molar refractivity (Wildman–Crippen MR) is 85.7 cm³/mol. The van der Waals surface area contributed by atoms with Crippen molar-refractivity contribution >= 4 is 11.4 Å². The molecule has 1 aliphatic rings. The summed E-state index contributed by atoms with van der Waals surface area (Å²) in [5.74, 6) is 1.44. The number of rotatable bonds is 2. The van der Waals surface area contributed by atoms with Crippen LogP contribution < -0.4 is 14.5 Å². The van der Waals surface area contributed by atoms with Gasteiger partial charge in [0.15, 0.2) is 0 Å². The zero-order valence-electron chi connectivity index (χ0n) is 12.8. The van der Waals surface area contributed by atoms with Crippen molar-refractivity contribution in [2.24, 2.45) is 0 Å².